The van der Waals surface area contributed by atoms with Crippen LogP contribution in [-0.4, -0.2) is 42.9 Å². The fourth-order valence-electron chi connectivity index (χ4n) is 2.03. The van der Waals surface area contributed by atoms with Gasteiger partial charge >= 0.3 is 5.97 Å². The number of hydrogen-bond acceptors (Lipinski definition) is 6. The number of thiazole rings is 1. The van der Waals surface area contributed by atoms with Crippen LogP contribution in [0.1, 0.15) is 22.5 Å². The average molecular weight is 291 g/mol. The summed E-state index contributed by atoms with van der Waals surface area (Å²) in [4.78, 5) is 18.1. The van der Waals surface area contributed by atoms with E-state index >= 15 is 0 Å². The fraction of sp³-hybridized carbons (Fsp3) is 0.636. The number of anilines is 1. The van der Waals surface area contributed by atoms with E-state index in [0.29, 0.717) is 4.88 Å². The Labute approximate surface area is 114 Å². The number of methoxy groups -OCH3 is 1. The molecule has 18 heavy (non-hydrogen) atoms. The molecule has 1 aromatic heterocycles. The third-order valence-electron chi connectivity index (χ3n) is 2.99. The maximum atomic E-state index is 11.5. The molecule has 2 heterocycles. The Bertz CT molecular complexity index is 438. The first-order chi connectivity index (χ1) is 8.65. The molecule has 1 aromatic rings. The minimum absolute atomic E-state index is 0.180. The topological polar surface area (TPSA) is 62.7 Å². The van der Waals surface area contributed by atoms with E-state index in [2.05, 4.69) is 14.6 Å². The van der Waals surface area contributed by atoms with Gasteiger partial charge in [-0.25, -0.2) is 9.78 Å². The molecule has 1 N–H and O–H groups in total. The number of carbonyl (C=O) groups excluding carboxylic acids is 1. The van der Waals surface area contributed by atoms with Crippen LogP contribution >= 0.6 is 22.9 Å². The Morgan fingerprint density at radius 1 is 1.72 bits per heavy atom. The van der Waals surface area contributed by atoms with Gasteiger partial charge < -0.3 is 14.7 Å². The first-order valence-corrected chi connectivity index (χ1v) is 6.95. The number of aliphatic hydroxyl groups excluding tert-OH is 1. The van der Waals surface area contributed by atoms with Gasteiger partial charge in [0.1, 0.15) is 0 Å². The highest BCUT2D eigenvalue weighted by atomic mass is 35.5. The molecule has 0 saturated carbocycles. The van der Waals surface area contributed by atoms with Gasteiger partial charge in [0.05, 0.1) is 7.11 Å². The van der Waals surface area contributed by atoms with Crippen molar-refractivity contribution in [2.75, 3.05) is 31.7 Å². The van der Waals surface area contributed by atoms with Crippen LogP contribution in [0.3, 0.4) is 0 Å². The summed E-state index contributed by atoms with van der Waals surface area (Å²) >= 11 is 7.17. The number of ether oxygens (including phenoxy) is 1. The molecule has 1 unspecified atom stereocenters. The summed E-state index contributed by atoms with van der Waals surface area (Å²) in [6.07, 6.45) is 2.03. The van der Waals surface area contributed by atoms with Gasteiger partial charge in [0.25, 0.3) is 0 Å². The number of esters is 1. The summed E-state index contributed by atoms with van der Waals surface area (Å²) in [6, 6.07) is 0. The lowest BCUT2D eigenvalue weighted by Crippen LogP contribution is -2.36. The number of rotatable bonds is 3. The van der Waals surface area contributed by atoms with E-state index in [0.717, 1.165) is 31.1 Å². The van der Waals surface area contributed by atoms with Gasteiger partial charge in [0, 0.05) is 19.7 Å². The van der Waals surface area contributed by atoms with Crippen molar-refractivity contribution in [2.45, 2.75) is 12.8 Å². The van der Waals surface area contributed by atoms with Gasteiger partial charge in [-0.3, -0.25) is 0 Å². The summed E-state index contributed by atoms with van der Waals surface area (Å²) < 4.78 is 4.65. The summed E-state index contributed by atoms with van der Waals surface area (Å²) in [5, 5.41) is 10.1. The second-order valence-electron chi connectivity index (χ2n) is 4.24. The minimum Gasteiger partial charge on any atom is -0.465 e. The number of aromatic nitrogens is 1. The van der Waals surface area contributed by atoms with Crippen LogP contribution in [0.5, 0.6) is 0 Å². The van der Waals surface area contributed by atoms with Crippen molar-refractivity contribution < 1.29 is 14.6 Å². The maximum absolute atomic E-state index is 11.5. The van der Waals surface area contributed by atoms with Gasteiger partial charge in [-0.2, -0.15) is 0 Å². The molecule has 0 amide bonds. The highest BCUT2D eigenvalue weighted by Gasteiger charge is 2.25. The zero-order chi connectivity index (χ0) is 13.1. The second kappa shape index (κ2) is 5.86. The fourth-order valence-corrected chi connectivity index (χ4v) is 3.27. The molecule has 1 atom stereocenters. The number of carbonyl (C=O) groups is 1. The minimum atomic E-state index is -0.459. The molecule has 0 spiro atoms. The molecular formula is C11H15ClN2O3S. The molecule has 1 aliphatic heterocycles. The molecule has 7 heteroatoms. The van der Waals surface area contributed by atoms with E-state index in [9.17, 15) is 9.90 Å². The molecule has 2 rings (SSSR count). The number of hydrogen-bond donors (Lipinski definition) is 1. The van der Waals surface area contributed by atoms with Crippen molar-refractivity contribution in [1.82, 2.24) is 4.98 Å². The Hall–Kier alpha value is -0.850. The van der Waals surface area contributed by atoms with E-state index in [4.69, 9.17) is 11.6 Å². The van der Waals surface area contributed by atoms with E-state index in [1.807, 2.05) is 0 Å². The first kappa shape index (κ1) is 13.6. The van der Waals surface area contributed by atoms with E-state index in [1.54, 1.807) is 0 Å². The molecular weight excluding hydrogens is 276 g/mol. The average Bonchev–Trinajstić information content (AvgIpc) is 2.80. The van der Waals surface area contributed by atoms with Crippen LogP contribution in [0, 0.1) is 5.92 Å². The Morgan fingerprint density at radius 2 is 2.50 bits per heavy atom. The summed E-state index contributed by atoms with van der Waals surface area (Å²) in [6.45, 7) is 1.81. The maximum Gasteiger partial charge on any atom is 0.351 e. The van der Waals surface area contributed by atoms with Crippen molar-refractivity contribution in [1.29, 1.82) is 0 Å². The molecule has 5 nitrogen and oxygen atoms in total. The van der Waals surface area contributed by atoms with Crippen LogP contribution in [0.25, 0.3) is 0 Å². The normalized spacial score (nSPS) is 19.9. The smallest absolute Gasteiger partial charge is 0.351 e. The molecule has 0 radical (unpaired) electrons. The van der Waals surface area contributed by atoms with Crippen molar-refractivity contribution in [3.8, 4) is 0 Å². The SMILES string of the molecule is COC(=O)c1sc(N2CCCC(CO)C2)nc1Cl. The monoisotopic (exact) mass is 290 g/mol. The molecule has 0 bridgehead atoms. The predicted octanol–water partition coefficient (Wildman–Crippen LogP) is 1.79. The van der Waals surface area contributed by atoms with Crippen molar-refractivity contribution in [2.24, 2.45) is 5.92 Å². The van der Waals surface area contributed by atoms with Crippen molar-refractivity contribution >= 4 is 34.0 Å². The van der Waals surface area contributed by atoms with Gasteiger partial charge in [-0.15, -0.1) is 0 Å². The number of aliphatic hydroxyl groups is 1. The predicted molar refractivity (Wildman–Crippen MR) is 70.5 cm³/mol. The quantitative estimate of drug-likeness (QED) is 0.860. The summed E-state index contributed by atoms with van der Waals surface area (Å²) in [5.74, 6) is -0.192. The highest BCUT2D eigenvalue weighted by Crippen LogP contribution is 2.32. The van der Waals surface area contributed by atoms with E-state index in [-0.39, 0.29) is 17.7 Å². The molecule has 1 aliphatic rings. The molecule has 1 saturated heterocycles. The standard InChI is InChI=1S/C11H15ClN2O3S/c1-17-10(16)8-9(12)13-11(18-8)14-4-2-3-7(5-14)6-15/h7,15H,2-6H2,1H3. The van der Waals surface area contributed by atoms with Crippen LogP contribution in [0.4, 0.5) is 5.13 Å². The van der Waals surface area contributed by atoms with Gasteiger partial charge in [-0.1, -0.05) is 22.9 Å². The van der Waals surface area contributed by atoms with E-state index < -0.39 is 5.97 Å². The van der Waals surface area contributed by atoms with Gasteiger partial charge in [0.2, 0.25) is 0 Å². The van der Waals surface area contributed by atoms with Crippen LogP contribution in [0.15, 0.2) is 0 Å². The molecule has 0 aromatic carbocycles. The highest BCUT2D eigenvalue weighted by molar-refractivity contribution is 7.18. The lowest BCUT2D eigenvalue weighted by molar-refractivity contribution is 0.0606. The lowest BCUT2D eigenvalue weighted by Gasteiger charge is -2.31. The Morgan fingerprint density at radius 3 is 3.17 bits per heavy atom. The Balaban J connectivity index is 2.16. The van der Waals surface area contributed by atoms with Crippen LogP contribution in [0.2, 0.25) is 5.15 Å². The number of piperidine rings is 1. The van der Waals surface area contributed by atoms with Gasteiger partial charge in [-0.05, 0) is 18.8 Å². The molecule has 100 valence electrons. The van der Waals surface area contributed by atoms with Crippen molar-refractivity contribution in [3.63, 3.8) is 0 Å². The summed E-state index contributed by atoms with van der Waals surface area (Å²) in [7, 11) is 1.32. The third kappa shape index (κ3) is 2.76. The van der Waals surface area contributed by atoms with E-state index in [1.165, 1.54) is 18.4 Å². The third-order valence-corrected chi connectivity index (χ3v) is 4.47. The number of nitrogens with zero attached hydrogens (tertiary/aromatic N) is 2. The van der Waals surface area contributed by atoms with Crippen LogP contribution in [-0.2, 0) is 4.74 Å². The van der Waals surface area contributed by atoms with Crippen molar-refractivity contribution in [3.05, 3.63) is 10.0 Å². The Kier molecular flexibility index (Phi) is 4.42. The first-order valence-electron chi connectivity index (χ1n) is 5.76. The zero-order valence-corrected chi connectivity index (χ0v) is 11.6. The largest absolute Gasteiger partial charge is 0.465 e. The molecule has 1 fully saturated rings. The van der Waals surface area contributed by atoms with Crippen LogP contribution < -0.4 is 4.90 Å². The van der Waals surface area contributed by atoms with Gasteiger partial charge in [0.15, 0.2) is 15.2 Å². The summed E-state index contributed by atoms with van der Waals surface area (Å²) in [5.41, 5.74) is 0. The molecule has 0 aliphatic carbocycles. The zero-order valence-electron chi connectivity index (χ0n) is 10.1. The number of halogens is 1. The lowest BCUT2D eigenvalue weighted by atomic mass is 10.00. The second-order valence-corrected chi connectivity index (χ2v) is 5.58.